The van der Waals surface area contributed by atoms with Gasteiger partial charge in [-0.3, -0.25) is 0 Å². The van der Waals surface area contributed by atoms with Crippen LogP contribution in [0.25, 0.3) is 0 Å². The van der Waals surface area contributed by atoms with E-state index in [0.717, 1.165) is 0 Å². The van der Waals surface area contributed by atoms with E-state index in [4.69, 9.17) is 16.4 Å². The average Bonchev–Trinajstić information content (AvgIpc) is 2.18. The van der Waals surface area contributed by atoms with Gasteiger partial charge in [0, 0.05) is 0 Å². The molecule has 0 saturated heterocycles. The fourth-order valence-electron chi connectivity index (χ4n) is 0.879. The molecule has 1 aromatic carbocycles. The van der Waals surface area contributed by atoms with Gasteiger partial charge in [0.1, 0.15) is 11.8 Å². The van der Waals surface area contributed by atoms with Crippen LogP contribution in [0.1, 0.15) is 13.8 Å². The summed E-state index contributed by atoms with van der Waals surface area (Å²) in [5, 5.41) is 0. The molecule has 4 N–H and O–H groups in total. The SMILES string of the molecule is CC(C)[N+](N)(N)C(=O)Oc1ccccc1. The Hall–Kier alpha value is -1.43. The zero-order valence-electron chi connectivity index (χ0n) is 8.88. The molecule has 0 spiro atoms. The second kappa shape index (κ2) is 4.39. The quantitative estimate of drug-likeness (QED) is 0.332. The van der Waals surface area contributed by atoms with Crippen molar-refractivity contribution >= 4 is 6.09 Å². The van der Waals surface area contributed by atoms with Crippen LogP contribution in [0.3, 0.4) is 0 Å². The van der Waals surface area contributed by atoms with Crippen molar-refractivity contribution in [3.05, 3.63) is 30.3 Å². The maximum absolute atomic E-state index is 11.6. The zero-order chi connectivity index (χ0) is 11.5. The van der Waals surface area contributed by atoms with Crippen molar-refractivity contribution in [1.82, 2.24) is 0 Å². The van der Waals surface area contributed by atoms with Crippen molar-refractivity contribution in [3.63, 3.8) is 0 Å². The average molecular weight is 210 g/mol. The summed E-state index contributed by atoms with van der Waals surface area (Å²) in [6.07, 6.45) is -0.684. The first-order valence-corrected chi connectivity index (χ1v) is 4.68. The minimum Gasteiger partial charge on any atom is -0.378 e. The maximum Gasteiger partial charge on any atom is 0.561 e. The molecular weight excluding hydrogens is 194 g/mol. The number of carbonyl (C=O) groups is 1. The summed E-state index contributed by atoms with van der Waals surface area (Å²) in [6, 6.07) is 8.43. The number of hydrogen-bond acceptors (Lipinski definition) is 4. The highest BCUT2D eigenvalue weighted by Crippen LogP contribution is 2.11. The second-order valence-electron chi connectivity index (χ2n) is 3.61. The smallest absolute Gasteiger partial charge is 0.378 e. The lowest BCUT2D eigenvalue weighted by Gasteiger charge is -2.25. The molecule has 5 nitrogen and oxygen atoms in total. The molecule has 0 aliphatic carbocycles. The summed E-state index contributed by atoms with van der Waals surface area (Å²) < 4.78 is 4.24. The molecule has 0 bridgehead atoms. The Balaban J connectivity index is 2.72. The van der Waals surface area contributed by atoms with Crippen molar-refractivity contribution in [1.29, 1.82) is 0 Å². The molecule has 0 atom stereocenters. The lowest BCUT2D eigenvalue weighted by Crippen LogP contribution is -2.68. The highest BCUT2D eigenvalue weighted by Gasteiger charge is 2.36. The number of carbonyl (C=O) groups excluding carboxylic acids is 1. The minimum absolute atomic E-state index is 0.249. The van der Waals surface area contributed by atoms with Crippen molar-refractivity contribution < 1.29 is 14.2 Å². The van der Waals surface area contributed by atoms with Crippen molar-refractivity contribution in [2.24, 2.45) is 11.7 Å². The number of nitrogens with two attached hydrogens (primary N) is 2. The predicted molar refractivity (Wildman–Crippen MR) is 56.2 cm³/mol. The van der Waals surface area contributed by atoms with E-state index < -0.39 is 10.8 Å². The number of quaternary nitrogens is 1. The highest BCUT2D eigenvalue weighted by molar-refractivity contribution is 5.62. The van der Waals surface area contributed by atoms with Crippen molar-refractivity contribution in [2.75, 3.05) is 0 Å². The Morgan fingerprint density at radius 1 is 1.27 bits per heavy atom. The van der Waals surface area contributed by atoms with Gasteiger partial charge in [0.2, 0.25) is 0 Å². The van der Waals surface area contributed by atoms with Crippen LogP contribution in [-0.2, 0) is 0 Å². The van der Waals surface area contributed by atoms with E-state index in [2.05, 4.69) is 0 Å². The Labute approximate surface area is 88.8 Å². The van der Waals surface area contributed by atoms with Crippen molar-refractivity contribution in [3.8, 4) is 5.75 Å². The van der Waals surface area contributed by atoms with E-state index in [1.807, 2.05) is 6.07 Å². The lowest BCUT2D eigenvalue weighted by molar-refractivity contribution is -0.900. The molecule has 0 unspecified atom stereocenters. The number of rotatable bonds is 2. The molecule has 0 fully saturated rings. The molecule has 15 heavy (non-hydrogen) atoms. The first-order chi connectivity index (χ1) is 6.94. The number of benzene rings is 1. The monoisotopic (exact) mass is 210 g/mol. The molecule has 0 aromatic heterocycles. The van der Waals surface area contributed by atoms with Gasteiger partial charge in [-0.25, -0.2) is 0 Å². The van der Waals surface area contributed by atoms with Crippen LogP contribution in [0.5, 0.6) is 5.75 Å². The molecular formula is C10H16N3O2+. The Morgan fingerprint density at radius 3 is 2.27 bits per heavy atom. The van der Waals surface area contributed by atoms with Gasteiger partial charge in [-0.05, 0) is 26.0 Å². The van der Waals surface area contributed by atoms with Gasteiger partial charge in [-0.15, -0.1) is 0 Å². The van der Waals surface area contributed by atoms with Gasteiger partial charge in [0.05, 0.1) is 0 Å². The number of para-hydroxylation sites is 1. The molecule has 0 heterocycles. The summed E-state index contributed by atoms with van der Waals surface area (Å²) >= 11 is 0. The third-order valence-electron chi connectivity index (χ3n) is 2.12. The fourth-order valence-corrected chi connectivity index (χ4v) is 0.879. The topological polar surface area (TPSA) is 78.3 Å². The van der Waals surface area contributed by atoms with Crippen LogP contribution >= 0.6 is 0 Å². The normalized spacial score (nSPS) is 11.5. The third-order valence-corrected chi connectivity index (χ3v) is 2.12. The molecule has 82 valence electrons. The van der Waals surface area contributed by atoms with E-state index in [0.29, 0.717) is 5.75 Å². The Morgan fingerprint density at radius 2 is 1.80 bits per heavy atom. The van der Waals surface area contributed by atoms with Crippen LogP contribution in [0, 0.1) is 0 Å². The number of nitrogens with zero attached hydrogens (tertiary/aromatic N) is 1. The van der Waals surface area contributed by atoms with Crippen molar-refractivity contribution in [2.45, 2.75) is 19.9 Å². The summed E-state index contributed by atoms with van der Waals surface area (Å²) in [4.78, 5) is 11.6. The number of amides is 1. The molecule has 0 saturated carbocycles. The van der Waals surface area contributed by atoms with Gasteiger partial charge in [-0.2, -0.15) is 16.5 Å². The Kier molecular flexibility index (Phi) is 3.41. The summed E-state index contributed by atoms with van der Waals surface area (Å²) in [5.41, 5.74) is 0. The lowest BCUT2D eigenvalue weighted by atomic mass is 10.3. The van der Waals surface area contributed by atoms with Crippen LogP contribution in [-0.4, -0.2) is 16.8 Å². The van der Waals surface area contributed by atoms with Gasteiger partial charge in [-0.1, -0.05) is 22.9 Å². The number of hydrogen-bond donors (Lipinski definition) is 2. The largest absolute Gasteiger partial charge is 0.561 e. The van der Waals surface area contributed by atoms with Gasteiger partial charge in [0.15, 0.2) is 0 Å². The van der Waals surface area contributed by atoms with Crippen LogP contribution in [0.2, 0.25) is 0 Å². The summed E-state index contributed by atoms with van der Waals surface area (Å²) in [7, 11) is 0. The standard InChI is InChI=1S/C10H16N3O2/c1-8(2)13(11,12)10(14)15-9-6-4-3-5-7-9/h3-8H,11-12H2,1-2H3/q+1. The fraction of sp³-hybridized carbons (Fsp3) is 0.300. The minimum atomic E-state index is -0.783. The van der Waals surface area contributed by atoms with Gasteiger partial charge >= 0.3 is 6.09 Å². The van der Waals surface area contributed by atoms with Crippen LogP contribution < -0.4 is 16.4 Å². The summed E-state index contributed by atoms with van der Waals surface area (Å²) in [6.45, 7) is 3.48. The Bertz CT molecular complexity index is 336. The molecule has 0 aliphatic heterocycles. The molecule has 1 aromatic rings. The van der Waals surface area contributed by atoms with E-state index in [9.17, 15) is 4.79 Å². The molecule has 0 radical (unpaired) electrons. The van der Waals surface area contributed by atoms with E-state index in [1.165, 1.54) is 0 Å². The van der Waals surface area contributed by atoms with Crippen LogP contribution in [0.15, 0.2) is 30.3 Å². The molecule has 5 heteroatoms. The molecule has 1 amide bonds. The van der Waals surface area contributed by atoms with E-state index in [-0.39, 0.29) is 6.04 Å². The zero-order valence-corrected chi connectivity index (χ0v) is 8.88. The third kappa shape index (κ3) is 2.76. The first-order valence-electron chi connectivity index (χ1n) is 4.68. The highest BCUT2D eigenvalue weighted by atomic mass is 16.6. The summed E-state index contributed by atoms with van der Waals surface area (Å²) in [5.74, 6) is 11.6. The van der Waals surface area contributed by atoms with E-state index in [1.54, 1.807) is 38.1 Å². The maximum atomic E-state index is 11.6. The van der Waals surface area contributed by atoms with Gasteiger partial charge < -0.3 is 4.74 Å². The van der Waals surface area contributed by atoms with E-state index >= 15 is 0 Å². The molecule has 1 rings (SSSR count). The van der Waals surface area contributed by atoms with Gasteiger partial charge in [0.25, 0.3) is 0 Å². The predicted octanol–water partition coefficient (Wildman–Crippen LogP) is 1.16. The molecule has 0 aliphatic rings. The van der Waals surface area contributed by atoms with Crippen LogP contribution in [0.4, 0.5) is 4.79 Å². The first kappa shape index (κ1) is 11.6. The second-order valence-corrected chi connectivity index (χ2v) is 3.61. The number of ether oxygens (including phenoxy) is 1.